The van der Waals surface area contributed by atoms with Crippen LogP contribution in [0.3, 0.4) is 0 Å². The number of aryl methyl sites for hydroxylation is 1. The Hall–Kier alpha value is -4.96. The van der Waals surface area contributed by atoms with E-state index in [4.69, 9.17) is 9.47 Å². The Balaban J connectivity index is 1.41. The van der Waals surface area contributed by atoms with Crippen molar-refractivity contribution in [2.24, 2.45) is 0 Å². The Morgan fingerprint density at radius 2 is 1.09 bits per heavy atom. The maximum atomic E-state index is 6.68. The minimum Gasteiger partial charge on any atom is -0.458 e. The van der Waals surface area contributed by atoms with E-state index in [-0.39, 0.29) is 12.1 Å². The highest BCUT2D eigenvalue weighted by molar-refractivity contribution is 6.98. The quantitative estimate of drug-likeness (QED) is 0.203. The minimum atomic E-state index is -0.0965. The zero-order valence-corrected chi connectivity index (χ0v) is 24.9. The lowest BCUT2D eigenvalue weighted by Gasteiger charge is -2.36. The summed E-state index contributed by atoms with van der Waals surface area (Å²) >= 11 is 0. The lowest BCUT2D eigenvalue weighted by molar-refractivity contribution is 0.465. The lowest BCUT2D eigenvalue weighted by Crippen LogP contribution is -2.57. The van der Waals surface area contributed by atoms with Crippen molar-refractivity contribution in [3.8, 4) is 23.0 Å². The molecular formula is C39H32BNO2. The number of para-hydroxylation sites is 2. The second-order valence-corrected chi connectivity index (χ2v) is 12.7. The summed E-state index contributed by atoms with van der Waals surface area (Å²) < 4.78 is 13.4. The monoisotopic (exact) mass is 557 g/mol. The molecule has 2 heterocycles. The Labute approximate surface area is 253 Å². The number of ether oxygens (including phenoxy) is 2. The minimum absolute atomic E-state index is 0.0487. The number of rotatable bonds is 3. The summed E-state index contributed by atoms with van der Waals surface area (Å²) in [6.07, 6.45) is 0. The van der Waals surface area contributed by atoms with Crippen LogP contribution in [0.2, 0.25) is 0 Å². The topological polar surface area (TPSA) is 21.7 Å². The summed E-state index contributed by atoms with van der Waals surface area (Å²) in [6, 6.07) is 43.2. The van der Waals surface area contributed by atoms with E-state index in [1.807, 2.05) is 12.1 Å². The molecule has 0 radical (unpaired) electrons. The van der Waals surface area contributed by atoms with Crippen LogP contribution in [-0.2, 0) is 5.41 Å². The van der Waals surface area contributed by atoms with Gasteiger partial charge in [0.05, 0.1) is 11.4 Å². The molecule has 4 heteroatoms. The third-order valence-electron chi connectivity index (χ3n) is 8.74. The molecule has 0 bridgehead atoms. The zero-order valence-electron chi connectivity index (χ0n) is 24.9. The normalized spacial score (nSPS) is 13.0. The van der Waals surface area contributed by atoms with Crippen LogP contribution in [-0.4, -0.2) is 6.71 Å². The second-order valence-electron chi connectivity index (χ2n) is 12.7. The maximum Gasteiger partial charge on any atom is 0.260 e. The number of hydrogen-bond donors (Lipinski definition) is 0. The van der Waals surface area contributed by atoms with Crippen LogP contribution >= 0.6 is 0 Å². The van der Waals surface area contributed by atoms with E-state index in [1.165, 1.54) is 32.8 Å². The first kappa shape index (κ1) is 25.7. The van der Waals surface area contributed by atoms with E-state index in [0.717, 1.165) is 45.5 Å². The van der Waals surface area contributed by atoms with Crippen LogP contribution in [0.5, 0.6) is 23.0 Å². The van der Waals surface area contributed by atoms with Gasteiger partial charge in [-0.3, -0.25) is 0 Å². The van der Waals surface area contributed by atoms with Crippen LogP contribution in [0.15, 0.2) is 121 Å². The van der Waals surface area contributed by atoms with Crippen LogP contribution < -0.4 is 30.8 Å². The van der Waals surface area contributed by atoms with Gasteiger partial charge < -0.3 is 14.4 Å². The summed E-state index contributed by atoms with van der Waals surface area (Å²) in [4.78, 5) is 2.37. The molecule has 3 nitrogen and oxygen atoms in total. The molecule has 6 aromatic rings. The van der Waals surface area contributed by atoms with Gasteiger partial charge >= 0.3 is 0 Å². The molecule has 2 aliphatic heterocycles. The zero-order chi connectivity index (χ0) is 29.3. The van der Waals surface area contributed by atoms with Gasteiger partial charge in [-0.2, -0.15) is 0 Å². The highest BCUT2D eigenvalue weighted by Crippen LogP contribution is 2.46. The average Bonchev–Trinajstić information content (AvgIpc) is 3.01. The van der Waals surface area contributed by atoms with Gasteiger partial charge in [0.1, 0.15) is 23.0 Å². The summed E-state index contributed by atoms with van der Waals surface area (Å²) in [5, 5.41) is 2.45. The summed E-state index contributed by atoms with van der Waals surface area (Å²) in [6.45, 7) is 9.04. The summed E-state index contributed by atoms with van der Waals surface area (Å²) in [5.41, 5.74) is 9.04. The smallest absolute Gasteiger partial charge is 0.260 e. The first-order valence-corrected chi connectivity index (χ1v) is 15.0. The first-order valence-electron chi connectivity index (χ1n) is 15.0. The van der Waals surface area contributed by atoms with Gasteiger partial charge in [-0.15, -0.1) is 0 Å². The molecule has 208 valence electrons. The molecule has 0 amide bonds. The Kier molecular flexibility index (Phi) is 5.71. The molecular weight excluding hydrogens is 525 g/mol. The van der Waals surface area contributed by atoms with Crippen molar-refractivity contribution >= 4 is 50.9 Å². The van der Waals surface area contributed by atoms with Crippen molar-refractivity contribution in [3.63, 3.8) is 0 Å². The van der Waals surface area contributed by atoms with E-state index in [9.17, 15) is 0 Å². The molecule has 43 heavy (non-hydrogen) atoms. The van der Waals surface area contributed by atoms with E-state index < -0.39 is 0 Å². The molecule has 8 rings (SSSR count). The Bertz CT molecular complexity index is 1970. The van der Waals surface area contributed by atoms with Crippen molar-refractivity contribution in [1.82, 2.24) is 0 Å². The predicted octanol–water partition coefficient (Wildman–Crippen LogP) is 8.64. The molecule has 6 aromatic carbocycles. The van der Waals surface area contributed by atoms with Crippen molar-refractivity contribution < 1.29 is 9.47 Å². The van der Waals surface area contributed by atoms with E-state index in [1.54, 1.807) is 0 Å². The van der Waals surface area contributed by atoms with Crippen LogP contribution in [0.1, 0.15) is 31.9 Å². The van der Waals surface area contributed by atoms with Gasteiger partial charge in [-0.25, -0.2) is 0 Å². The van der Waals surface area contributed by atoms with Crippen LogP contribution in [0, 0.1) is 6.92 Å². The van der Waals surface area contributed by atoms with Crippen molar-refractivity contribution in [2.45, 2.75) is 33.1 Å². The number of nitrogens with zero attached hydrogens (tertiary/aromatic N) is 1. The first-order chi connectivity index (χ1) is 20.8. The van der Waals surface area contributed by atoms with Gasteiger partial charge in [0, 0.05) is 23.3 Å². The molecule has 0 atom stereocenters. The average molecular weight is 558 g/mol. The van der Waals surface area contributed by atoms with Crippen LogP contribution in [0.25, 0.3) is 10.8 Å². The molecule has 2 aliphatic rings. The summed E-state index contributed by atoms with van der Waals surface area (Å²) in [5.74, 6) is 3.45. The third kappa shape index (κ3) is 4.20. The fraction of sp³-hybridized carbons (Fsp3) is 0.128. The Morgan fingerprint density at radius 3 is 1.67 bits per heavy atom. The maximum absolute atomic E-state index is 6.68. The number of fused-ring (bicyclic) bond motifs is 5. The fourth-order valence-corrected chi connectivity index (χ4v) is 6.64. The molecule has 0 spiro atoms. The Morgan fingerprint density at radius 1 is 0.558 bits per heavy atom. The summed E-state index contributed by atoms with van der Waals surface area (Å²) in [7, 11) is 0. The molecule has 0 saturated carbocycles. The SMILES string of the molecule is Cc1ccc(N(c2cc3c4c(c2)Oc2ccccc2B4c2ccccc2O3)c2cc3ccccc3cc2C(C)(C)C)cc1. The largest absolute Gasteiger partial charge is 0.458 e. The predicted molar refractivity (Wildman–Crippen MR) is 180 cm³/mol. The van der Waals surface area contributed by atoms with Crippen molar-refractivity contribution in [1.29, 1.82) is 0 Å². The van der Waals surface area contributed by atoms with E-state index in [2.05, 4.69) is 142 Å². The van der Waals surface area contributed by atoms with Crippen molar-refractivity contribution in [3.05, 3.63) is 132 Å². The van der Waals surface area contributed by atoms with E-state index >= 15 is 0 Å². The standard InChI is InChI=1S/C39H32BNO2/c1-25-17-19-28(20-18-25)41(33-22-27-12-6-5-11-26(27)21-30(33)39(2,3)4)29-23-36-38-37(24-29)43-35-16-10-8-14-32(35)40(38)31-13-7-9-15-34(31)42-36/h5-24H,1-4H3. The molecule has 0 aliphatic carbocycles. The van der Waals surface area contributed by atoms with Gasteiger partial charge in [-0.05, 0) is 76.0 Å². The van der Waals surface area contributed by atoms with E-state index in [0.29, 0.717) is 0 Å². The van der Waals surface area contributed by atoms with Gasteiger partial charge in [-0.1, -0.05) is 99.1 Å². The number of hydrogen-bond acceptors (Lipinski definition) is 3. The van der Waals surface area contributed by atoms with Crippen LogP contribution in [0.4, 0.5) is 17.1 Å². The molecule has 0 unspecified atom stereocenters. The molecule has 0 fully saturated rings. The molecule has 0 N–H and O–H groups in total. The number of benzene rings is 6. The molecule has 0 saturated heterocycles. The van der Waals surface area contributed by atoms with Gasteiger partial charge in [0.2, 0.25) is 0 Å². The highest BCUT2D eigenvalue weighted by atomic mass is 16.5. The van der Waals surface area contributed by atoms with Crippen molar-refractivity contribution in [2.75, 3.05) is 4.90 Å². The highest BCUT2D eigenvalue weighted by Gasteiger charge is 2.40. The molecule has 0 aromatic heterocycles. The third-order valence-corrected chi connectivity index (χ3v) is 8.74. The second kappa shape index (κ2) is 9.54. The fourth-order valence-electron chi connectivity index (χ4n) is 6.64. The number of anilines is 3. The van der Waals surface area contributed by atoms with Gasteiger partial charge in [0.15, 0.2) is 0 Å². The van der Waals surface area contributed by atoms with Gasteiger partial charge in [0.25, 0.3) is 6.71 Å². The lowest BCUT2D eigenvalue weighted by atomic mass is 9.35.